The fraction of sp³-hybridized carbons (Fsp3) is 1.00. The van der Waals surface area contributed by atoms with Crippen LogP contribution in [0, 0.1) is 0 Å². The Morgan fingerprint density at radius 2 is 1.07 bits per heavy atom. The first-order valence-corrected chi connectivity index (χ1v) is 5.68. The standard InChI is InChI=1S/C10H26N4/c1-3-4-12-7-8-14-10-9-13-6-5-11-2/h11-14H,3-10H2,1-2H3. The van der Waals surface area contributed by atoms with Gasteiger partial charge in [-0.25, -0.2) is 0 Å². The van der Waals surface area contributed by atoms with Crippen molar-refractivity contribution < 1.29 is 0 Å². The van der Waals surface area contributed by atoms with Crippen LogP contribution in [-0.4, -0.2) is 52.9 Å². The van der Waals surface area contributed by atoms with E-state index in [1.807, 2.05) is 7.05 Å². The summed E-state index contributed by atoms with van der Waals surface area (Å²) < 4.78 is 0. The summed E-state index contributed by atoms with van der Waals surface area (Å²) in [5, 5.41) is 13.2. The van der Waals surface area contributed by atoms with E-state index in [2.05, 4.69) is 28.2 Å². The van der Waals surface area contributed by atoms with Gasteiger partial charge in [0, 0.05) is 39.3 Å². The topological polar surface area (TPSA) is 48.1 Å². The van der Waals surface area contributed by atoms with E-state index in [-0.39, 0.29) is 0 Å². The molecule has 0 aliphatic carbocycles. The van der Waals surface area contributed by atoms with Crippen molar-refractivity contribution in [2.75, 3.05) is 52.9 Å². The monoisotopic (exact) mass is 202 g/mol. The third-order valence-corrected chi connectivity index (χ3v) is 1.94. The first-order valence-electron chi connectivity index (χ1n) is 5.68. The van der Waals surface area contributed by atoms with Crippen molar-refractivity contribution in [1.82, 2.24) is 21.3 Å². The number of nitrogens with one attached hydrogen (secondary N) is 4. The van der Waals surface area contributed by atoms with Gasteiger partial charge in [-0.15, -0.1) is 0 Å². The van der Waals surface area contributed by atoms with Crippen molar-refractivity contribution in [1.29, 1.82) is 0 Å². The Hall–Kier alpha value is -0.160. The van der Waals surface area contributed by atoms with Gasteiger partial charge in [-0.1, -0.05) is 6.92 Å². The average Bonchev–Trinajstić information content (AvgIpc) is 2.21. The van der Waals surface area contributed by atoms with E-state index in [1.54, 1.807) is 0 Å². The zero-order chi connectivity index (χ0) is 10.5. The Balaban J connectivity index is 2.78. The summed E-state index contributed by atoms with van der Waals surface area (Å²) in [6.07, 6.45) is 1.21. The normalized spacial score (nSPS) is 10.7. The molecule has 0 amide bonds. The van der Waals surface area contributed by atoms with Crippen LogP contribution in [0.1, 0.15) is 13.3 Å². The highest BCUT2D eigenvalue weighted by molar-refractivity contribution is 4.55. The van der Waals surface area contributed by atoms with Gasteiger partial charge >= 0.3 is 0 Å². The molecular weight excluding hydrogens is 176 g/mol. The van der Waals surface area contributed by atoms with Gasteiger partial charge in [-0.2, -0.15) is 0 Å². The van der Waals surface area contributed by atoms with Crippen LogP contribution in [0.15, 0.2) is 0 Å². The van der Waals surface area contributed by atoms with Gasteiger partial charge in [0.2, 0.25) is 0 Å². The van der Waals surface area contributed by atoms with Crippen molar-refractivity contribution in [2.45, 2.75) is 13.3 Å². The minimum Gasteiger partial charge on any atom is -0.318 e. The third kappa shape index (κ3) is 11.8. The van der Waals surface area contributed by atoms with E-state index in [1.165, 1.54) is 6.42 Å². The lowest BCUT2D eigenvalue weighted by Crippen LogP contribution is -2.34. The molecule has 14 heavy (non-hydrogen) atoms. The minimum absolute atomic E-state index is 1.04. The van der Waals surface area contributed by atoms with Crippen molar-refractivity contribution in [2.24, 2.45) is 0 Å². The Labute approximate surface area is 88.2 Å². The molecule has 0 spiro atoms. The SMILES string of the molecule is CCCNCCNCCNCCNC. The summed E-state index contributed by atoms with van der Waals surface area (Å²) in [4.78, 5) is 0. The van der Waals surface area contributed by atoms with Gasteiger partial charge < -0.3 is 21.3 Å². The maximum Gasteiger partial charge on any atom is 0.00772 e. The van der Waals surface area contributed by atoms with Gasteiger partial charge in [0.15, 0.2) is 0 Å². The first-order chi connectivity index (χ1) is 6.91. The van der Waals surface area contributed by atoms with Crippen LogP contribution in [0.4, 0.5) is 0 Å². The van der Waals surface area contributed by atoms with Crippen molar-refractivity contribution in [3.05, 3.63) is 0 Å². The molecule has 0 aliphatic heterocycles. The second-order valence-electron chi connectivity index (χ2n) is 3.35. The summed E-state index contributed by atoms with van der Waals surface area (Å²) in [5.74, 6) is 0. The predicted octanol–water partition coefficient (Wildman–Crippen LogP) is -0.615. The molecule has 0 aromatic rings. The van der Waals surface area contributed by atoms with Gasteiger partial charge in [0.05, 0.1) is 0 Å². The fourth-order valence-corrected chi connectivity index (χ4v) is 1.12. The van der Waals surface area contributed by atoms with Crippen molar-refractivity contribution >= 4 is 0 Å². The summed E-state index contributed by atoms with van der Waals surface area (Å²) in [7, 11) is 1.97. The molecule has 4 nitrogen and oxygen atoms in total. The average molecular weight is 202 g/mol. The molecule has 0 aromatic heterocycles. The molecule has 0 aliphatic rings. The molecule has 0 atom stereocenters. The van der Waals surface area contributed by atoms with Crippen LogP contribution >= 0.6 is 0 Å². The largest absolute Gasteiger partial charge is 0.318 e. The molecule has 4 N–H and O–H groups in total. The number of rotatable bonds is 11. The zero-order valence-corrected chi connectivity index (χ0v) is 9.66. The van der Waals surface area contributed by atoms with Gasteiger partial charge in [-0.3, -0.25) is 0 Å². The molecule has 0 rings (SSSR count). The van der Waals surface area contributed by atoms with Gasteiger partial charge in [0.25, 0.3) is 0 Å². The van der Waals surface area contributed by atoms with Crippen molar-refractivity contribution in [3.63, 3.8) is 0 Å². The van der Waals surface area contributed by atoms with Crippen LogP contribution in [-0.2, 0) is 0 Å². The zero-order valence-electron chi connectivity index (χ0n) is 9.66. The molecule has 0 bridgehead atoms. The molecule has 86 valence electrons. The smallest absolute Gasteiger partial charge is 0.00772 e. The molecule has 0 radical (unpaired) electrons. The maximum atomic E-state index is 3.38. The van der Waals surface area contributed by atoms with Crippen LogP contribution in [0.3, 0.4) is 0 Å². The van der Waals surface area contributed by atoms with Crippen LogP contribution in [0.25, 0.3) is 0 Å². The highest BCUT2D eigenvalue weighted by atomic mass is 15.0. The second kappa shape index (κ2) is 12.8. The van der Waals surface area contributed by atoms with E-state index in [4.69, 9.17) is 0 Å². The van der Waals surface area contributed by atoms with Gasteiger partial charge in [0.1, 0.15) is 0 Å². The van der Waals surface area contributed by atoms with E-state index in [0.29, 0.717) is 0 Å². The number of hydrogen-bond acceptors (Lipinski definition) is 4. The second-order valence-corrected chi connectivity index (χ2v) is 3.35. The highest BCUT2D eigenvalue weighted by Gasteiger charge is 1.87. The summed E-state index contributed by atoms with van der Waals surface area (Å²) in [6, 6.07) is 0. The fourth-order valence-electron chi connectivity index (χ4n) is 1.12. The van der Waals surface area contributed by atoms with E-state index < -0.39 is 0 Å². The quantitative estimate of drug-likeness (QED) is 0.338. The molecule has 0 aromatic carbocycles. The molecule has 0 saturated heterocycles. The Kier molecular flexibility index (Phi) is 12.7. The molecular formula is C10H26N4. The lowest BCUT2D eigenvalue weighted by molar-refractivity contribution is 0.574. The molecule has 0 saturated carbocycles. The molecule has 4 heteroatoms. The maximum absolute atomic E-state index is 3.38. The van der Waals surface area contributed by atoms with Crippen LogP contribution in [0.2, 0.25) is 0 Å². The summed E-state index contributed by atoms with van der Waals surface area (Å²) >= 11 is 0. The number of hydrogen-bond donors (Lipinski definition) is 4. The molecule has 0 heterocycles. The van der Waals surface area contributed by atoms with Crippen LogP contribution < -0.4 is 21.3 Å². The Morgan fingerprint density at radius 3 is 1.50 bits per heavy atom. The number of likely N-dealkylation sites (N-methyl/N-ethyl adjacent to an activating group) is 1. The van der Waals surface area contributed by atoms with E-state index in [0.717, 1.165) is 45.8 Å². The third-order valence-electron chi connectivity index (χ3n) is 1.94. The lowest BCUT2D eigenvalue weighted by Gasteiger charge is -2.06. The summed E-state index contributed by atoms with van der Waals surface area (Å²) in [5.41, 5.74) is 0. The first kappa shape index (κ1) is 13.8. The minimum atomic E-state index is 1.04. The molecule has 0 fully saturated rings. The summed E-state index contributed by atoms with van der Waals surface area (Å²) in [6.45, 7) is 9.64. The Morgan fingerprint density at radius 1 is 0.643 bits per heavy atom. The lowest BCUT2D eigenvalue weighted by atomic mass is 10.4. The highest BCUT2D eigenvalue weighted by Crippen LogP contribution is 1.68. The van der Waals surface area contributed by atoms with E-state index in [9.17, 15) is 0 Å². The van der Waals surface area contributed by atoms with Crippen LogP contribution in [0.5, 0.6) is 0 Å². The molecule has 0 unspecified atom stereocenters. The van der Waals surface area contributed by atoms with Gasteiger partial charge in [-0.05, 0) is 20.0 Å². The van der Waals surface area contributed by atoms with Crippen molar-refractivity contribution in [3.8, 4) is 0 Å². The predicted molar refractivity (Wildman–Crippen MR) is 62.8 cm³/mol. The van der Waals surface area contributed by atoms with E-state index >= 15 is 0 Å². The Bertz CT molecular complexity index is 86.1.